The summed E-state index contributed by atoms with van der Waals surface area (Å²) in [5, 5.41) is 6.28. The van der Waals surface area contributed by atoms with Gasteiger partial charge in [-0.2, -0.15) is 0 Å². The molecule has 98 valence electrons. The second-order valence-electron chi connectivity index (χ2n) is 6.17. The molecule has 3 nitrogen and oxygen atoms in total. The predicted molar refractivity (Wildman–Crippen MR) is 69.7 cm³/mol. The number of carbonyl (C=O) groups is 1. The molecule has 0 aliphatic heterocycles. The van der Waals surface area contributed by atoms with E-state index < -0.39 is 0 Å². The Morgan fingerprint density at radius 1 is 1.12 bits per heavy atom. The van der Waals surface area contributed by atoms with E-state index in [0.29, 0.717) is 12.5 Å². The summed E-state index contributed by atoms with van der Waals surface area (Å²) in [5.41, 5.74) is 0. The second kappa shape index (κ2) is 5.85. The van der Waals surface area contributed by atoms with E-state index in [4.69, 9.17) is 0 Å². The summed E-state index contributed by atoms with van der Waals surface area (Å²) < 4.78 is 0. The molecule has 17 heavy (non-hydrogen) atoms. The molecule has 1 amide bonds. The fraction of sp³-hybridized carbons (Fsp3) is 0.929. The molecule has 2 rings (SSSR count). The number of hydrogen-bond acceptors (Lipinski definition) is 2. The first-order valence-corrected chi connectivity index (χ1v) is 7.14. The maximum absolute atomic E-state index is 11.5. The number of rotatable bonds is 8. The summed E-state index contributed by atoms with van der Waals surface area (Å²) in [6.07, 6.45) is 5.68. The van der Waals surface area contributed by atoms with Crippen LogP contribution in [0.5, 0.6) is 0 Å². The van der Waals surface area contributed by atoms with Crippen LogP contribution in [0, 0.1) is 23.7 Å². The molecule has 0 spiro atoms. The van der Waals surface area contributed by atoms with E-state index in [0.717, 1.165) is 30.8 Å². The molecule has 2 N–H and O–H groups in total. The number of carbonyl (C=O) groups excluding carboxylic acids is 1. The van der Waals surface area contributed by atoms with E-state index >= 15 is 0 Å². The Kier molecular flexibility index (Phi) is 4.43. The average Bonchev–Trinajstić information content (AvgIpc) is 3.14. The van der Waals surface area contributed by atoms with Gasteiger partial charge in [0.2, 0.25) is 5.91 Å². The lowest BCUT2D eigenvalue weighted by Crippen LogP contribution is -2.38. The van der Waals surface area contributed by atoms with Gasteiger partial charge in [0.15, 0.2) is 0 Å². The largest absolute Gasteiger partial charge is 0.355 e. The average molecular weight is 238 g/mol. The minimum absolute atomic E-state index is 0.143. The molecule has 0 aromatic heterocycles. The fourth-order valence-corrected chi connectivity index (χ4v) is 2.50. The maximum atomic E-state index is 11.5. The van der Waals surface area contributed by atoms with Crippen LogP contribution >= 0.6 is 0 Å². The van der Waals surface area contributed by atoms with Crippen LogP contribution in [-0.4, -0.2) is 25.5 Å². The molecule has 0 radical (unpaired) electrons. The topological polar surface area (TPSA) is 41.1 Å². The first kappa shape index (κ1) is 12.9. The standard InChI is InChI=1S/C14H26N2O/c1-10(2)7-16-14(17)9-15-8-13(11-3-4-11)12-5-6-12/h10-13,15H,3-9H2,1-2H3,(H,16,17). The van der Waals surface area contributed by atoms with Crippen molar-refractivity contribution in [2.45, 2.75) is 39.5 Å². The lowest BCUT2D eigenvalue weighted by Gasteiger charge is -2.16. The highest BCUT2D eigenvalue weighted by Gasteiger charge is 2.40. The quantitative estimate of drug-likeness (QED) is 0.677. The van der Waals surface area contributed by atoms with Crippen LogP contribution in [-0.2, 0) is 4.79 Å². The number of hydrogen-bond donors (Lipinski definition) is 2. The van der Waals surface area contributed by atoms with Gasteiger partial charge in [-0.05, 0) is 55.9 Å². The Balaban J connectivity index is 1.56. The third kappa shape index (κ3) is 4.66. The third-order valence-corrected chi connectivity index (χ3v) is 3.83. The zero-order valence-corrected chi connectivity index (χ0v) is 11.2. The molecule has 0 saturated heterocycles. The van der Waals surface area contributed by atoms with E-state index in [1.54, 1.807) is 0 Å². The van der Waals surface area contributed by atoms with Crippen LogP contribution in [0.2, 0.25) is 0 Å². The molecule has 0 atom stereocenters. The van der Waals surface area contributed by atoms with Crippen molar-refractivity contribution in [3.05, 3.63) is 0 Å². The van der Waals surface area contributed by atoms with Gasteiger partial charge in [0, 0.05) is 6.54 Å². The summed E-state index contributed by atoms with van der Waals surface area (Å²) >= 11 is 0. The van der Waals surface area contributed by atoms with Crippen molar-refractivity contribution in [1.29, 1.82) is 0 Å². The molecule has 2 fully saturated rings. The van der Waals surface area contributed by atoms with Crippen LogP contribution < -0.4 is 10.6 Å². The third-order valence-electron chi connectivity index (χ3n) is 3.83. The van der Waals surface area contributed by atoms with Gasteiger partial charge in [0.25, 0.3) is 0 Å². The molecule has 0 unspecified atom stereocenters. The van der Waals surface area contributed by atoms with Gasteiger partial charge < -0.3 is 10.6 Å². The van der Waals surface area contributed by atoms with Crippen molar-refractivity contribution >= 4 is 5.91 Å². The molecular formula is C14H26N2O. The Labute approximate surface area is 105 Å². The Hall–Kier alpha value is -0.570. The van der Waals surface area contributed by atoms with Crippen LogP contribution in [0.15, 0.2) is 0 Å². The van der Waals surface area contributed by atoms with Crippen molar-refractivity contribution in [3.8, 4) is 0 Å². The van der Waals surface area contributed by atoms with Crippen LogP contribution in [0.3, 0.4) is 0 Å². The number of amides is 1. The number of nitrogens with one attached hydrogen (secondary N) is 2. The second-order valence-corrected chi connectivity index (χ2v) is 6.17. The highest BCUT2D eigenvalue weighted by atomic mass is 16.1. The first-order valence-electron chi connectivity index (χ1n) is 7.14. The van der Waals surface area contributed by atoms with Gasteiger partial charge in [-0.15, -0.1) is 0 Å². The Morgan fingerprint density at radius 3 is 2.18 bits per heavy atom. The monoisotopic (exact) mass is 238 g/mol. The molecule has 0 aromatic carbocycles. The minimum atomic E-state index is 0.143. The van der Waals surface area contributed by atoms with Gasteiger partial charge in [-0.3, -0.25) is 4.79 Å². The highest BCUT2D eigenvalue weighted by molar-refractivity contribution is 5.77. The molecule has 2 aliphatic carbocycles. The molecule has 0 heterocycles. The van der Waals surface area contributed by atoms with Gasteiger partial charge in [-0.25, -0.2) is 0 Å². The lowest BCUT2D eigenvalue weighted by molar-refractivity contribution is -0.120. The SMILES string of the molecule is CC(C)CNC(=O)CNCC(C1CC1)C1CC1. The highest BCUT2D eigenvalue weighted by Crippen LogP contribution is 2.48. The Morgan fingerprint density at radius 2 is 1.71 bits per heavy atom. The lowest BCUT2D eigenvalue weighted by atomic mass is 9.98. The van der Waals surface area contributed by atoms with Gasteiger partial charge in [0.1, 0.15) is 0 Å². The molecule has 0 aromatic rings. The zero-order chi connectivity index (χ0) is 12.3. The van der Waals surface area contributed by atoms with E-state index in [2.05, 4.69) is 24.5 Å². The van der Waals surface area contributed by atoms with E-state index in [1.165, 1.54) is 25.7 Å². The van der Waals surface area contributed by atoms with Crippen molar-refractivity contribution < 1.29 is 4.79 Å². The van der Waals surface area contributed by atoms with Crippen molar-refractivity contribution in [2.24, 2.45) is 23.7 Å². The fourth-order valence-electron chi connectivity index (χ4n) is 2.50. The molecular weight excluding hydrogens is 212 g/mol. The maximum Gasteiger partial charge on any atom is 0.233 e. The van der Waals surface area contributed by atoms with Crippen LogP contribution in [0.1, 0.15) is 39.5 Å². The van der Waals surface area contributed by atoms with Gasteiger partial charge in [-0.1, -0.05) is 13.8 Å². The molecule has 2 saturated carbocycles. The van der Waals surface area contributed by atoms with Crippen molar-refractivity contribution in [1.82, 2.24) is 10.6 Å². The molecule has 3 heteroatoms. The Bertz CT molecular complexity index is 245. The smallest absolute Gasteiger partial charge is 0.233 e. The summed E-state index contributed by atoms with van der Waals surface area (Å²) in [5.74, 6) is 3.46. The van der Waals surface area contributed by atoms with Crippen molar-refractivity contribution in [3.63, 3.8) is 0 Å². The van der Waals surface area contributed by atoms with E-state index in [-0.39, 0.29) is 5.91 Å². The van der Waals surface area contributed by atoms with E-state index in [9.17, 15) is 4.79 Å². The minimum Gasteiger partial charge on any atom is -0.355 e. The summed E-state index contributed by atoms with van der Waals surface area (Å²) in [7, 11) is 0. The summed E-state index contributed by atoms with van der Waals surface area (Å²) in [4.78, 5) is 11.5. The summed E-state index contributed by atoms with van der Waals surface area (Å²) in [6.45, 7) is 6.55. The zero-order valence-electron chi connectivity index (χ0n) is 11.2. The summed E-state index contributed by atoms with van der Waals surface area (Å²) in [6, 6.07) is 0. The van der Waals surface area contributed by atoms with Gasteiger partial charge in [0.05, 0.1) is 6.54 Å². The predicted octanol–water partition coefficient (Wildman–Crippen LogP) is 1.78. The van der Waals surface area contributed by atoms with Gasteiger partial charge >= 0.3 is 0 Å². The van der Waals surface area contributed by atoms with Crippen LogP contribution in [0.25, 0.3) is 0 Å². The first-order chi connectivity index (χ1) is 8.16. The van der Waals surface area contributed by atoms with E-state index in [1.807, 2.05) is 0 Å². The molecule has 2 aliphatic rings. The molecule has 0 bridgehead atoms. The van der Waals surface area contributed by atoms with Crippen molar-refractivity contribution in [2.75, 3.05) is 19.6 Å². The normalized spacial score (nSPS) is 20.0. The van der Waals surface area contributed by atoms with Crippen LogP contribution in [0.4, 0.5) is 0 Å².